The number of nitrogens with zero attached hydrogens (tertiary/aromatic N) is 10. The Morgan fingerprint density at radius 3 is 0.893 bits per heavy atom. The van der Waals surface area contributed by atoms with Gasteiger partial charge in [0, 0.05) is 130 Å². The SMILES string of the molecule is c1ccc(-c2nc(-c3ccccc3)nc(-c3cccc4c3oc3c(-n5c6ccccc6c6cc(-c7ccc8c(c7)c7ccccc7n8-c7ccc8oc9ccccc9c8c7)ccc65)cccc34)n2)cc1.c1ccc(-c2nc(-c3ccccc3)nc(-c3cccc4c3sc3c(-n5c6ccccc6c6cc(-c7ccc8c(c7)c7ccccc7n8-c7ccc8oc9ccccc9c8c7)ccc65)cccc34)n2)cc1. The molecule has 0 aliphatic heterocycles. The van der Waals surface area contributed by atoms with Crippen LogP contribution in [0.5, 0.6) is 0 Å². The normalized spacial score (nSPS) is 12.0. The molecular formula is C126H74N10O3S. The van der Waals surface area contributed by atoms with Gasteiger partial charge in [-0.1, -0.05) is 303 Å². The van der Waals surface area contributed by atoms with Gasteiger partial charge in [0.15, 0.2) is 40.5 Å². The van der Waals surface area contributed by atoms with E-state index in [0.29, 0.717) is 34.9 Å². The van der Waals surface area contributed by atoms with Crippen molar-refractivity contribution in [2.24, 2.45) is 0 Å². The molecule has 30 aromatic rings. The van der Waals surface area contributed by atoms with Gasteiger partial charge in [0.2, 0.25) is 0 Å². The van der Waals surface area contributed by atoms with Crippen LogP contribution in [0.3, 0.4) is 0 Å². The first-order valence-corrected chi connectivity index (χ1v) is 47.8. The summed E-state index contributed by atoms with van der Waals surface area (Å²) >= 11 is 1.80. The van der Waals surface area contributed by atoms with Crippen LogP contribution >= 0.6 is 11.3 Å². The zero-order valence-corrected chi connectivity index (χ0v) is 75.6. The smallest absolute Gasteiger partial charge is 0.167 e. The van der Waals surface area contributed by atoms with Crippen LogP contribution in [0.2, 0.25) is 0 Å². The van der Waals surface area contributed by atoms with Gasteiger partial charge in [-0.05, 0) is 168 Å². The molecule has 0 saturated heterocycles. The molecule has 30 rings (SSSR count). The molecule has 0 aliphatic rings. The standard InChI is InChI=1S/C63H37N5O2.C63H37N5OS/c2*1-3-15-38(16-4-1)61-64-62(39-17-5-2-6-18-39)66-63(65-61)48-24-13-22-46-47-23-14-27-56(60(47)70-59(46)48)68-53-26-11-8-20-44(53)50-36-41(30-33-55(50)68)40-29-32-54-49(35-40)43-19-7-10-25-52(43)67(54)42-31-34-58-51(37-42)45-21-9-12-28-57(45)69-58/h2*1-37H. The maximum atomic E-state index is 7.09. The second kappa shape index (κ2) is 31.4. The largest absolute Gasteiger partial charge is 0.456 e. The van der Waals surface area contributed by atoms with Crippen LogP contribution in [0, 0.1) is 0 Å². The Kier molecular flexibility index (Phi) is 17.7. The Hall–Kier alpha value is -18.8. The van der Waals surface area contributed by atoms with Crippen molar-refractivity contribution in [2.45, 2.75) is 0 Å². The molecule has 0 atom stereocenters. The minimum absolute atomic E-state index is 0.551. The number of benzene rings is 20. The van der Waals surface area contributed by atoms with Gasteiger partial charge in [-0.15, -0.1) is 11.3 Å². The quantitative estimate of drug-likeness (QED) is 0.117. The Morgan fingerprint density at radius 2 is 0.464 bits per heavy atom. The molecule has 140 heavy (non-hydrogen) atoms. The van der Waals surface area contributed by atoms with Gasteiger partial charge in [-0.25, -0.2) is 29.9 Å². The predicted molar refractivity (Wildman–Crippen MR) is 575 cm³/mol. The van der Waals surface area contributed by atoms with Crippen LogP contribution in [0.1, 0.15) is 0 Å². The van der Waals surface area contributed by atoms with E-state index in [1.807, 2.05) is 127 Å². The first-order valence-electron chi connectivity index (χ1n) is 47.0. The summed E-state index contributed by atoms with van der Waals surface area (Å²) in [6.07, 6.45) is 0. The lowest BCUT2D eigenvalue weighted by atomic mass is 10.0. The Bertz CT molecular complexity index is 9670. The molecule has 0 bridgehead atoms. The molecule has 0 fully saturated rings. The van der Waals surface area contributed by atoms with Gasteiger partial charge in [-0.3, -0.25) is 0 Å². The Balaban J connectivity index is 0.000000134. The number of aromatic nitrogens is 10. The molecular weight excluding hydrogens is 1730 g/mol. The van der Waals surface area contributed by atoms with Gasteiger partial charge in [0.1, 0.15) is 27.9 Å². The topological polar surface area (TPSA) is 136 Å². The lowest BCUT2D eigenvalue weighted by Gasteiger charge is -2.10. The highest BCUT2D eigenvalue weighted by atomic mass is 32.1. The molecule has 13 nitrogen and oxygen atoms in total. The highest BCUT2D eigenvalue weighted by Gasteiger charge is 2.27. The number of hydrogen-bond acceptors (Lipinski definition) is 10. The first-order chi connectivity index (χ1) is 69.4. The average molecular weight is 1810 g/mol. The number of rotatable bonds is 12. The monoisotopic (exact) mass is 1810 g/mol. The summed E-state index contributed by atoms with van der Waals surface area (Å²) in [6.45, 7) is 0. The summed E-state index contributed by atoms with van der Waals surface area (Å²) in [7, 11) is 0. The van der Waals surface area contributed by atoms with Gasteiger partial charge < -0.3 is 31.5 Å². The Morgan fingerprint density at radius 1 is 0.164 bits per heavy atom. The van der Waals surface area contributed by atoms with Crippen LogP contribution < -0.4 is 0 Å². The van der Waals surface area contributed by atoms with Crippen molar-refractivity contribution >= 4 is 185 Å². The lowest BCUT2D eigenvalue weighted by molar-refractivity contribution is 0.667. The summed E-state index contributed by atoms with van der Waals surface area (Å²) in [5.41, 5.74) is 28.7. The van der Waals surface area contributed by atoms with E-state index in [4.69, 9.17) is 43.2 Å². The third kappa shape index (κ3) is 12.5. The second-order valence-corrected chi connectivity index (χ2v) is 36.9. The number of hydrogen-bond donors (Lipinski definition) is 0. The van der Waals surface area contributed by atoms with Gasteiger partial charge in [0.05, 0.1) is 65.8 Å². The van der Waals surface area contributed by atoms with Crippen molar-refractivity contribution in [3.05, 3.63) is 449 Å². The zero-order chi connectivity index (χ0) is 91.7. The number of para-hydroxylation sites is 8. The summed E-state index contributed by atoms with van der Waals surface area (Å²) in [4.78, 5) is 30.4. The van der Waals surface area contributed by atoms with E-state index in [-0.39, 0.29) is 0 Å². The minimum atomic E-state index is 0.551. The molecule has 20 aromatic carbocycles. The van der Waals surface area contributed by atoms with Crippen molar-refractivity contribution in [3.63, 3.8) is 0 Å². The molecule has 14 heteroatoms. The Labute approximate surface area is 802 Å². The minimum Gasteiger partial charge on any atom is -0.456 e. The van der Waals surface area contributed by atoms with Crippen molar-refractivity contribution < 1.29 is 13.3 Å². The van der Waals surface area contributed by atoms with E-state index in [1.165, 1.54) is 69.8 Å². The number of furan rings is 3. The third-order valence-corrected chi connectivity index (χ3v) is 29.2. The molecule has 0 spiro atoms. The van der Waals surface area contributed by atoms with E-state index in [9.17, 15) is 0 Å². The number of fused-ring (bicyclic) bond motifs is 24. The fourth-order valence-corrected chi connectivity index (χ4v) is 22.9. The van der Waals surface area contributed by atoms with Crippen molar-refractivity contribution in [2.75, 3.05) is 0 Å². The molecule has 0 radical (unpaired) electrons. The summed E-state index contributed by atoms with van der Waals surface area (Å²) in [5.74, 6) is 3.71. The molecule has 0 saturated carbocycles. The van der Waals surface area contributed by atoms with E-state index >= 15 is 0 Å². The van der Waals surface area contributed by atoms with E-state index in [0.717, 1.165) is 182 Å². The fraction of sp³-hybridized carbons (Fsp3) is 0. The van der Waals surface area contributed by atoms with Crippen molar-refractivity contribution in [1.82, 2.24) is 48.2 Å². The van der Waals surface area contributed by atoms with Gasteiger partial charge >= 0.3 is 0 Å². The molecule has 0 amide bonds. The van der Waals surface area contributed by atoms with Crippen LogP contribution in [0.25, 0.3) is 287 Å². The lowest BCUT2D eigenvalue weighted by Crippen LogP contribution is -2.00. The first kappa shape index (κ1) is 78.7. The van der Waals surface area contributed by atoms with E-state index in [1.54, 1.807) is 11.3 Å². The highest BCUT2D eigenvalue weighted by Crippen LogP contribution is 2.49. The molecule has 0 unspecified atom stereocenters. The van der Waals surface area contributed by atoms with E-state index < -0.39 is 0 Å². The predicted octanol–water partition coefficient (Wildman–Crippen LogP) is 33.5. The molecule has 10 heterocycles. The molecule has 0 aliphatic carbocycles. The third-order valence-electron chi connectivity index (χ3n) is 28.0. The molecule has 10 aromatic heterocycles. The van der Waals surface area contributed by atoms with Crippen molar-refractivity contribution in [1.29, 1.82) is 0 Å². The maximum Gasteiger partial charge on any atom is 0.167 e. The van der Waals surface area contributed by atoms with Crippen molar-refractivity contribution in [3.8, 4) is 113 Å². The molecule has 652 valence electrons. The maximum absolute atomic E-state index is 7.09. The van der Waals surface area contributed by atoms with Gasteiger partial charge in [-0.2, -0.15) is 0 Å². The summed E-state index contributed by atoms with van der Waals surface area (Å²) in [5, 5.41) is 18.5. The van der Waals surface area contributed by atoms with Crippen LogP contribution in [-0.4, -0.2) is 48.2 Å². The summed E-state index contributed by atoms with van der Waals surface area (Å²) < 4.78 is 31.4. The fourth-order valence-electron chi connectivity index (χ4n) is 21.6. The van der Waals surface area contributed by atoms with Crippen LogP contribution in [-0.2, 0) is 0 Å². The number of thiophene rings is 1. The van der Waals surface area contributed by atoms with Crippen LogP contribution in [0.4, 0.5) is 0 Å². The second-order valence-electron chi connectivity index (χ2n) is 35.8. The van der Waals surface area contributed by atoms with Gasteiger partial charge in [0.25, 0.3) is 0 Å². The summed E-state index contributed by atoms with van der Waals surface area (Å²) in [6, 6.07) is 158. The average Bonchev–Trinajstić information content (AvgIpc) is 1.58. The van der Waals surface area contributed by atoms with Crippen LogP contribution in [0.15, 0.2) is 462 Å². The molecule has 0 N–H and O–H groups in total. The highest BCUT2D eigenvalue weighted by molar-refractivity contribution is 7.26. The van der Waals surface area contributed by atoms with E-state index in [2.05, 4.69) is 340 Å². The zero-order valence-electron chi connectivity index (χ0n) is 74.8.